The molecular weight excluding hydrogens is 324 g/mol. The summed E-state index contributed by atoms with van der Waals surface area (Å²) < 4.78 is 13.3. The first-order chi connectivity index (χ1) is 9.63. The molecule has 0 saturated heterocycles. The van der Waals surface area contributed by atoms with Crippen LogP contribution in [0.25, 0.3) is 0 Å². The topological polar surface area (TPSA) is 61.2 Å². The maximum atomic E-state index is 5.50. The Hall–Kier alpha value is -1.60. The van der Waals surface area contributed by atoms with Gasteiger partial charge in [-0.2, -0.15) is 0 Å². The van der Waals surface area contributed by atoms with Crippen molar-refractivity contribution in [3.8, 4) is 11.5 Å². The third-order valence-electron chi connectivity index (χ3n) is 3.13. The Bertz CT molecular complexity index is 581. The Balaban J connectivity index is 2.58. The van der Waals surface area contributed by atoms with Crippen LogP contribution in [-0.2, 0) is 7.05 Å². The minimum atomic E-state index is -0.116. The molecule has 1 heterocycles. The average molecular weight is 341 g/mol. The molecule has 0 amide bonds. The molecule has 2 rings (SSSR count). The Labute approximate surface area is 126 Å². The van der Waals surface area contributed by atoms with E-state index in [2.05, 4.69) is 31.6 Å². The van der Waals surface area contributed by atoms with Gasteiger partial charge in [-0.15, -0.1) is 5.10 Å². The van der Waals surface area contributed by atoms with Gasteiger partial charge in [-0.1, -0.05) is 17.3 Å². The van der Waals surface area contributed by atoms with E-state index in [-0.39, 0.29) is 6.04 Å². The maximum absolute atomic E-state index is 5.50. The maximum Gasteiger partial charge on any atom is 0.165 e. The van der Waals surface area contributed by atoms with Gasteiger partial charge in [0.15, 0.2) is 16.1 Å². The van der Waals surface area contributed by atoms with Gasteiger partial charge in [-0.3, -0.25) is 0 Å². The lowest BCUT2D eigenvalue weighted by atomic mass is 10.0. The lowest BCUT2D eigenvalue weighted by Crippen LogP contribution is -2.21. The number of aryl methyl sites for hydroxylation is 1. The summed E-state index contributed by atoms with van der Waals surface area (Å²) in [4.78, 5) is 0. The number of rotatable bonds is 5. The molecule has 0 radical (unpaired) electrons. The summed E-state index contributed by atoms with van der Waals surface area (Å²) in [6.07, 6.45) is 0. The van der Waals surface area contributed by atoms with Crippen molar-refractivity contribution in [2.24, 2.45) is 7.05 Å². The predicted octanol–water partition coefficient (Wildman–Crippen LogP) is 1.90. The Morgan fingerprint density at radius 2 is 2.05 bits per heavy atom. The zero-order chi connectivity index (χ0) is 14.7. The van der Waals surface area contributed by atoms with Crippen LogP contribution in [0.3, 0.4) is 0 Å². The molecule has 0 fully saturated rings. The van der Waals surface area contributed by atoms with Crippen molar-refractivity contribution in [3.05, 3.63) is 34.1 Å². The van der Waals surface area contributed by atoms with Gasteiger partial charge in [0.2, 0.25) is 0 Å². The van der Waals surface area contributed by atoms with Crippen LogP contribution >= 0.6 is 15.9 Å². The summed E-state index contributed by atoms with van der Waals surface area (Å²) in [7, 11) is 6.98. The quantitative estimate of drug-likeness (QED) is 0.900. The summed E-state index contributed by atoms with van der Waals surface area (Å²) in [5.74, 6) is 1.39. The molecule has 0 saturated carbocycles. The van der Waals surface area contributed by atoms with Gasteiger partial charge >= 0.3 is 0 Å². The molecule has 1 atom stereocenters. The minimum absolute atomic E-state index is 0.116. The molecule has 108 valence electrons. The third-order valence-corrected chi connectivity index (χ3v) is 3.70. The number of halogens is 1. The van der Waals surface area contributed by atoms with Crippen LogP contribution in [0, 0.1) is 0 Å². The van der Waals surface area contributed by atoms with E-state index < -0.39 is 0 Å². The fourth-order valence-corrected chi connectivity index (χ4v) is 2.78. The fourth-order valence-electron chi connectivity index (χ4n) is 2.22. The van der Waals surface area contributed by atoms with Crippen LogP contribution in [-0.4, -0.2) is 36.3 Å². The Morgan fingerprint density at radius 1 is 1.30 bits per heavy atom. The van der Waals surface area contributed by atoms with Crippen LogP contribution < -0.4 is 14.8 Å². The van der Waals surface area contributed by atoms with E-state index in [4.69, 9.17) is 9.47 Å². The smallest absolute Gasteiger partial charge is 0.165 e. The molecule has 1 unspecified atom stereocenters. The standard InChI is InChI=1S/C13H17BrN4O2/c1-15-10(11-13(14)16-17-18(11)2)8-6-5-7-9(19-3)12(8)20-4/h5-7,10,15H,1-4H3. The number of benzene rings is 1. The predicted molar refractivity (Wildman–Crippen MR) is 79.2 cm³/mol. The summed E-state index contributed by atoms with van der Waals surface area (Å²) in [6.45, 7) is 0. The molecule has 0 aliphatic rings. The number of hydrogen-bond donors (Lipinski definition) is 1. The second-order valence-corrected chi connectivity index (χ2v) is 4.94. The van der Waals surface area contributed by atoms with E-state index in [1.54, 1.807) is 18.9 Å². The minimum Gasteiger partial charge on any atom is -0.493 e. The molecule has 0 aliphatic heterocycles. The number of aromatic nitrogens is 3. The second kappa shape index (κ2) is 6.23. The number of para-hydroxylation sites is 1. The molecule has 1 aromatic heterocycles. The largest absolute Gasteiger partial charge is 0.493 e. The van der Waals surface area contributed by atoms with E-state index >= 15 is 0 Å². The van der Waals surface area contributed by atoms with Gasteiger partial charge < -0.3 is 14.8 Å². The van der Waals surface area contributed by atoms with Crippen molar-refractivity contribution in [1.82, 2.24) is 20.3 Å². The first-order valence-electron chi connectivity index (χ1n) is 6.07. The van der Waals surface area contributed by atoms with E-state index in [9.17, 15) is 0 Å². The highest BCUT2D eigenvalue weighted by molar-refractivity contribution is 9.10. The van der Waals surface area contributed by atoms with E-state index in [1.807, 2.05) is 32.3 Å². The van der Waals surface area contributed by atoms with E-state index in [0.29, 0.717) is 16.1 Å². The van der Waals surface area contributed by atoms with E-state index in [1.165, 1.54) is 0 Å². The molecule has 2 aromatic rings. The van der Waals surface area contributed by atoms with E-state index in [0.717, 1.165) is 11.3 Å². The van der Waals surface area contributed by atoms with Crippen LogP contribution in [0.15, 0.2) is 22.8 Å². The molecule has 6 nitrogen and oxygen atoms in total. The third kappa shape index (κ3) is 2.51. The van der Waals surface area contributed by atoms with Gasteiger partial charge in [0.1, 0.15) is 0 Å². The van der Waals surface area contributed by atoms with Gasteiger partial charge in [0, 0.05) is 12.6 Å². The van der Waals surface area contributed by atoms with Crippen LogP contribution in [0.5, 0.6) is 11.5 Å². The van der Waals surface area contributed by atoms with Gasteiger partial charge in [-0.25, -0.2) is 4.68 Å². The SMILES string of the molecule is CNC(c1cccc(OC)c1OC)c1c(Br)nnn1C. The monoisotopic (exact) mass is 340 g/mol. The highest BCUT2D eigenvalue weighted by Gasteiger charge is 2.25. The highest BCUT2D eigenvalue weighted by Crippen LogP contribution is 2.38. The van der Waals surface area contributed by atoms with Crippen molar-refractivity contribution in [3.63, 3.8) is 0 Å². The van der Waals surface area contributed by atoms with Crippen LogP contribution in [0.2, 0.25) is 0 Å². The molecule has 7 heteroatoms. The first kappa shape index (κ1) is 14.8. The van der Waals surface area contributed by atoms with Crippen molar-refractivity contribution >= 4 is 15.9 Å². The highest BCUT2D eigenvalue weighted by atomic mass is 79.9. The summed E-state index contributed by atoms with van der Waals surface area (Å²) >= 11 is 3.43. The number of nitrogens with zero attached hydrogens (tertiary/aromatic N) is 3. The number of hydrogen-bond acceptors (Lipinski definition) is 5. The number of ether oxygens (including phenoxy) is 2. The van der Waals surface area contributed by atoms with Crippen LogP contribution in [0.1, 0.15) is 17.3 Å². The Kier molecular flexibility index (Phi) is 4.61. The van der Waals surface area contributed by atoms with Crippen molar-refractivity contribution < 1.29 is 9.47 Å². The van der Waals surface area contributed by atoms with Gasteiger partial charge in [0.25, 0.3) is 0 Å². The second-order valence-electron chi connectivity index (χ2n) is 4.19. The molecule has 1 N–H and O–H groups in total. The number of nitrogens with one attached hydrogen (secondary N) is 1. The van der Waals surface area contributed by atoms with Crippen molar-refractivity contribution in [1.29, 1.82) is 0 Å². The lowest BCUT2D eigenvalue weighted by molar-refractivity contribution is 0.348. The summed E-state index contributed by atoms with van der Waals surface area (Å²) in [6, 6.07) is 5.67. The summed E-state index contributed by atoms with van der Waals surface area (Å²) in [5.41, 5.74) is 1.87. The lowest BCUT2D eigenvalue weighted by Gasteiger charge is -2.21. The zero-order valence-electron chi connectivity index (χ0n) is 11.8. The summed E-state index contributed by atoms with van der Waals surface area (Å²) in [5, 5.41) is 11.3. The van der Waals surface area contributed by atoms with Crippen molar-refractivity contribution in [2.45, 2.75) is 6.04 Å². The van der Waals surface area contributed by atoms with Gasteiger partial charge in [0.05, 0.1) is 26.0 Å². The zero-order valence-corrected chi connectivity index (χ0v) is 13.4. The number of methoxy groups -OCH3 is 2. The first-order valence-corrected chi connectivity index (χ1v) is 6.86. The van der Waals surface area contributed by atoms with Crippen LogP contribution in [0.4, 0.5) is 0 Å². The average Bonchev–Trinajstić information content (AvgIpc) is 2.80. The molecule has 0 bridgehead atoms. The normalized spacial score (nSPS) is 12.2. The molecule has 0 aliphatic carbocycles. The molecule has 1 aromatic carbocycles. The van der Waals surface area contributed by atoms with Gasteiger partial charge in [-0.05, 0) is 29.0 Å². The molecule has 0 spiro atoms. The molecular formula is C13H17BrN4O2. The molecule has 20 heavy (non-hydrogen) atoms. The van der Waals surface area contributed by atoms with Crippen molar-refractivity contribution in [2.75, 3.05) is 21.3 Å². The fraction of sp³-hybridized carbons (Fsp3) is 0.385. The Morgan fingerprint density at radius 3 is 2.55 bits per heavy atom.